The van der Waals surface area contributed by atoms with Crippen molar-refractivity contribution in [2.75, 3.05) is 5.32 Å². The number of halogens is 5. The van der Waals surface area contributed by atoms with E-state index < -0.39 is 40.6 Å². The van der Waals surface area contributed by atoms with Crippen LogP contribution in [0.4, 0.5) is 23.4 Å². The predicted molar refractivity (Wildman–Crippen MR) is 125 cm³/mol. The lowest BCUT2D eigenvalue weighted by Crippen LogP contribution is -2.27. The number of amides is 2. The van der Waals surface area contributed by atoms with Gasteiger partial charge >= 0.3 is 6.18 Å². The van der Waals surface area contributed by atoms with Crippen molar-refractivity contribution in [2.24, 2.45) is 0 Å². The maximum absolute atomic E-state index is 14.0. The summed E-state index contributed by atoms with van der Waals surface area (Å²) in [6.45, 7) is 1.61. The lowest BCUT2D eigenvalue weighted by molar-refractivity contribution is -0.137. The highest BCUT2D eigenvalue weighted by molar-refractivity contribution is 7.13. The molecule has 0 bridgehead atoms. The number of rotatable bonds is 6. The van der Waals surface area contributed by atoms with Gasteiger partial charge in [0.1, 0.15) is 27.7 Å². The minimum absolute atomic E-state index is 0.0380. The maximum atomic E-state index is 14.0. The molecule has 0 unspecified atom stereocenters. The van der Waals surface area contributed by atoms with Gasteiger partial charge in [0, 0.05) is 12.4 Å². The predicted octanol–water partition coefficient (Wildman–Crippen LogP) is 4.94. The molecule has 0 aliphatic heterocycles. The minimum atomic E-state index is -4.72. The minimum Gasteiger partial charge on any atom is -0.342 e. The fourth-order valence-corrected chi connectivity index (χ4v) is 4.06. The van der Waals surface area contributed by atoms with Crippen LogP contribution in [0.25, 0.3) is 11.3 Å². The van der Waals surface area contributed by atoms with Crippen LogP contribution < -0.4 is 10.6 Å². The highest BCUT2D eigenvalue weighted by atomic mass is 35.5. The number of hydrogen-bond donors (Lipinski definition) is 2. The molecular formula is C22H14ClF4N7O2S. The lowest BCUT2D eigenvalue weighted by atomic mass is 10.1. The second kappa shape index (κ2) is 10.5. The molecule has 15 heteroatoms. The van der Waals surface area contributed by atoms with Crippen LogP contribution in [0.3, 0.4) is 0 Å². The molecule has 190 valence electrons. The highest BCUT2D eigenvalue weighted by Crippen LogP contribution is 2.35. The van der Waals surface area contributed by atoms with Gasteiger partial charge in [-0.2, -0.15) is 17.6 Å². The van der Waals surface area contributed by atoms with Gasteiger partial charge in [-0.3, -0.25) is 9.59 Å². The zero-order valence-electron chi connectivity index (χ0n) is 18.5. The van der Waals surface area contributed by atoms with Gasteiger partial charge in [0.2, 0.25) is 5.95 Å². The molecule has 4 aromatic heterocycles. The van der Waals surface area contributed by atoms with E-state index in [0.717, 1.165) is 23.9 Å². The first-order valence-corrected chi connectivity index (χ1v) is 11.5. The van der Waals surface area contributed by atoms with Crippen molar-refractivity contribution >= 4 is 40.6 Å². The Hall–Kier alpha value is -4.04. The lowest BCUT2D eigenvalue weighted by Gasteiger charge is -2.11. The third-order valence-electron chi connectivity index (χ3n) is 4.80. The molecule has 0 saturated heterocycles. The smallest absolute Gasteiger partial charge is 0.342 e. The summed E-state index contributed by atoms with van der Waals surface area (Å²) in [4.78, 5) is 44.5. The van der Waals surface area contributed by atoms with Crippen LogP contribution in [0.5, 0.6) is 0 Å². The fraction of sp³-hybridized carbons (Fsp3) is 0.136. The van der Waals surface area contributed by atoms with Crippen molar-refractivity contribution in [3.05, 3.63) is 81.3 Å². The Morgan fingerprint density at radius 1 is 1.05 bits per heavy atom. The van der Waals surface area contributed by atoms with Crippen LogP contribution in [0, 0.1) is 5.95 Å². The van der Waals surface area contributed by atoms with Gasteiger partial charge in [-0.05, 0) is 31.2 Å². The number of nitrogens with zero attached hydrogens (tertiary/aromatic N) is 5. The standard InChI is InChI=1S/C22H14ClF4N7O2S/c1-10(33-19(35)15-6-14(31-9-32-15)11-3-2-4-28-18(11)24)21-30-8-16(37-21)20(36)34-17-5-12(22(25,26)27)13(23)7-29-17/h2-10H,1H3,(H,33,35)(H,29,34,36)/t10-/m1/s1. The largest absolute Gasteiger partial charge is 0.418 e. The van der Waals surface area contributed by atoms with Crippen LogP contribution in [-0.4, -0.2) is 36.7 Å². The van der Waals surface area contributed by atoms with Crippen molar-refractivity contribution in [2.45, 2.75) is 19.1 Å². The molecule has 2 amide bonds. The van der Waals surface area contributed by atoms with E-state index in [1.54, 1.807) is 6.92 Å². The molecule has 0 spiro atoms. The van der Waals surface area contributed by atoms with Crippen molar-refractivity contribution in [1.29, 1.82) is 0 Å². The molecule has 0 fully saturated rings. The summed E-state index contributed by atoms with van der Waals surface area (Å²) in [7, 11) is 0. The van der Waals surface area contributed by atoms with Crippen LogP contribution in [0.2, 0.25) is 5.02 Å². The number of pyridine rings is 2. The molecule has 1 atom stereocenters. The van der Waals surface area contributed by atoms with E-state index in [2.05, 4.69) is 35.6 Å². The topological polar surface area (TPSA) is 123 Å². The second-order valence-electron chi connectivity index (χ2n) is 7.39. The monoisotopic (exact) mass is 551 g/mol. The Bertz CT molecular complexity index is 1480. The number of thiazole rings is 1. The molecule has 9 nitrogen and oxygen atoms in total. The van der Waals surface area contributed by atoms with E-state index in [1.807, 2.05) is 0 Å². The molecule has 4 heterocycles. The van der Waals surface area contributed by atoms with E-state index in [1.165, 1.54) is 30.6 Å². The summed E-state index contributed by atoms with van der Waals surface area (Å²) in [6, 6.07) is 4.24. The first-order valence-electron chi connectivity index (χ1n) is 10.3. The quantitative estimate of drug-likeness (QED) is 0.257. The Morgan fingerprint density at radius 3 is 2.57 bits per heavy atom. The first-order chi connectivity index (χ1) is 17.5. The molecule has 0 aliphatic rings. The Kier molecular flexibility index (Phi) is 7.40. The van der Waals surface area contributed by atoms with Crippen molar-refractivity contribution in [3.63, 3.8) is 0 Å². The number of anilines is 1. The zero-order valence-corrected chi connectivity index (χ0v) is 20.1. The Labute approximate surface area is 215 Å². The average molecular weight is 552 g/mol. The summed E-state index contributed by atoms with van der Waals surface area (Å²) < 4.78 is 53.1. The van der Waals surface area contributed by atoms with Gasteiger partial charge in [-0.25, -0.2) is 24.9 Å². The van der Waals surface area contributed by atoms with Crippen molar-refractivity contribution in [3.8, 4) is 11.3 Å². The third-order valence-corrected chi connectivity index (χ3v) is 6.28. The number of carbonyl (C=O) groups is 2. The van der Waals surface area contributed by atoms with Gasteiger partial charge in [0.25, 0.3) is 11.8 Å². The van der Waals surface area contributed by atoms with E-state index in [0.29, 0.717) is 11.1 Å². The molecule has 0 aliphatic carbocycles. The Morgan fingerprint density at radius 2 is 1.84 bits per heavy atom. The summed E-state index contributed by atoms with van der Waals surface area (Å²) in [5.74, 6) is -2.45. The zero-order chi connectivity index (χ0) is 26.7. The van der Waals surface area contributed by atoms with Crippen molar-refractivity contribution < 1.29 is 27.2 Å². The molecule has 0 radical (unpaired) electrons. The van der Waals surface area contributed by atoms with E-state index >= 15 is 0 Å². The third kappa shape index (κ3) is 6.03. The van der Waals surface area contributed by atoms with Gasteiger partial charge in [0.15, 0.2) is 0 Å². The van der Waals surface area contributed by atoms with Crippen LogP contribution >= 0.6 is 22.9 Å². The first kappa shape index (κ1) is 26.0. The molecule has 0 aromatic carbocycles. The SMILES string of the molecule is C[C@@H](NC(=O)c1cc(-c2cccnc2F)ncn1)c1ncc(C(=O)Nc2cc(C(F)(F)F)c(Cl)cn2)s1. The molecule has 37 heavy (non-hydrogen) atoms. The summed E-state index contributed by atoms with van der Waals surface area (Å²) in [5.41, 5.74) is -0.917. The molecule has 0 saturated carbocycles. The van der Waals surface area contributed by atoms with Crippen LogP contribution in [0.1, 0.15) is 43.7 Å². The average Bonchev–Trinajstić information content (AvgIpc) is 3.36. The maximum Gasteiger partial charge on any atom is 0.418 e. The molecule has 4 aromatic rings. The normalized spacial score (nSPS) is 12.2. The summed E-state index contributed by atoms with van der Waals surface area (Å²) in [6.07, 6.45) is -0.323. The van der Waals surface area contributed by atoms with E-state index in [-0.39, 0.29) is 27.6 Å². The van der Waals surface area contributed by atoms with Crippen LogP contribution in [-0.2, 0) is 6.18 Å². The van der Waals surface area contributed by atoms with Gasteiger partial charge in [0.05, 0.1) is 34.1 Å². The Balaban J connectivity index is 1.44. The molecule has 4 rings (SSSR count). The van der Waals surface area contributed by atoms with E-state index in [9.17, 15) is 27.2 Å². The highest BCUT2D eigenvalue weighted by Gasteiger charge is 2.34. The molecule has 2 N–H and O–H groups in total. The van der Waals surface area contributed by atoms with Gasteiger partial charge in [-0.1, -0.05) is 11.6 Å². The fourth-order valence-electron chi connectivity index (χ4n) is 3.03. The number of aromatic nitrogens is 5. The second-order valence-corrected chi connectivity index (χ2v) is 8.86. The summed E-state index contributed by atoms with van der Waals surface area (Å²) >= 11 is 6.46. The molecular weight excluding hydrogens is 538 g/mol. The van der Waals surface area contributed by atoms with Gasteiger partial charge in [-0.15, -0.1) is 11.3 Å². The van der Waals surface area contributed by atoms with Gasteiger partial charge < -0.3 is 10.6 Å². The summed E-state index contributed by atoms with van der Waals surface area (Å²) in [5, 5.41) is 4.67. The van der Waals surface area contributed by atoms with Crippen LogP contribution in [0.15, 0.2) is 49.2 Å². The number of hydrogen-bond acceptors (Lipinski definition) is 8. The number of nitrogens with one attached hydrogen (secondary N) is 2. The number of carbonyl (C=O) groups excluding carboxylic acids is 2. The number of alkyl halides is 3. The van der Waals surface area contributed by atoms with E-state index in [4.69, 9.17) is 11.6 Å². The van der Waals surface area contributed by atoms with Crippen molar-refractivity contribution in [1.82, 2.24) is 30.2 Å².